The molecule has 33 heavy (non-hydrogen) atoms. The standard InChI is InChI=1S/C20H29ClN2O2.C7H7Cl/c1-4-16(5-2)23-17(14-6-8-15(21)9-7-14)10-12-20(3,19(23)25)13-11-18(22)24;1-6-3-2-4-7(8)5-6/h6-9,16-17H,4-5,10-13H2,1-3H3,(H2,22,24);2-5H,1H3/t17?,20-;/m1./s1. The van der Waals surface area contributed by atoms with Crippen LogP contribution in [-0.4, -0.2) is 22.8 Å². The number of carbonyl (C=O) groups excluding carboxylic acids is 2. The number of primary amides is 1. The Morgan fingerprint density at radius 1 is 1.12 bits per heavy atom. The number of benzene rings is 2. The first-order chi connectivity index (χ1) is 15.6. The van der Waals surface area contributed by atoms with Crippen molar-refractivity contribution in [2.24, 2.45) is 11.1 Å². The van der Waals surface area contributed by atoms with Gasteiger partial charge in [-0.2, -0.15) is 0 Å². The van der Waals surface area contributed by atoms with E-state index >= 15 is 0 Å². The first-order valence-electron chi connectivity index (χ1n) is 11.7. The zero-order chi connectivity index (χ0) is 24.6. The van der Waals surface area contributed by atoms with Crippen LogP contribution >= 0.6 is 23.2 Å². The molecule has 2 aromatic rings. The van der Waals surface area contributed by atoms with Gasteiger partial charge in [0, 0.05) is 27.9 Å². The fourth-order valence-corrected chi connectivity index (χ4v) is 4.88. The molecule has 0 aromatic heterocycles. The maximum atomic E-state index is 13.4. The number of aryl methyl sites for hydroxylation is 1. The van der Waals surface area contributed by atoms with Crippen LogP contribution in [0.2, 0.25) is 10.0 Å². The minimum Gasteiger partial charge on any atom is -0.370 e. The van der Waals surface area contributed by atoms with Crippen molar-refractivity contribution in [3.63, 3.8) is 0 Å². The molecule has 0 spiro atoms. The lowest BCUT2D eigenvalue weighted by Crippen LogP contribution is -2.53. The van der Waals surface area contributed by atoms with Gasteiger partial charge in [-0.05, 0) is 74.4 Å². The average Bonchev–Trinajstić information content (AvgIpc) is 2.77. The summed E-state index contributed by atoms with van der Waals surface area (Å²) in [7, 11) is 0. The van der Waals surface area contributed by atoms with Gasteiger partial charge in [0.05, 0.1) is 6.04 Å². The van der Waals surface area contributed by atoms with Crippen LogP contribution in [0.4, 0.5) is 0 Å². The quantitative estimate of drug-likeness (QED) is 0.449. The molecule has 0 saturated carbocycles. The molecule has 1 aliphatic heterocycles. The van der Waals surface area contributed by atoms with Gasteiger partial charge in [0.2, 0.25) is 11.8 Å². The molecular weight excluding hydrogens is 455 g/mol. The third-order valence-electron chi connectivity index (χ3n) is 6.55. The zero-order valence-corrected chi connectivity index (χ0v) is 21.6. The second-order valence-electron chi connectivity index (χ2n) is 9.11. The summed E-state index contributed by atoms with van der Waals surface area (Å²) in [6.45, 7) is 8.24. The Labute approximate surface area is 208 Å². The number of carbonyl (C=O) groups is 2. The second kappa shape index (κ2) is 12.4. The molecule has 2 N–H and O–H groups in total. The van der Waals surface area contributed by atoms with E-state index in [0.717, 1.165) is 36.3 Å². The van der Waals surface area contributed by atoms with E-state index in [4.69, 9.17) is 28.9 Å². The molecule has 3 rings (SSSR count). The van der Waals surface area contributed by atoms with Crippen molar-refractivity contribution >= 4 is 35.0 Å². The predicted molar refractivity (Wildman–Crippen MR) is 137 cm³/mol. The zero-order valence-electron chi connectivity index (χ0n) is 20.1. The Kier molecular flexibility index (Phi) is 10.2. The molecule has 1 fully saturated rings. The largest absolute Gasteiger partial charge is 0.370 e. The maximum absolute atomic E-state index is 13.4. The highest BCUT2D eigenvalue weighted by Crippen LogP contribution is 2.45. The molecule has 1 heterocycles. The van der Waals surface area contributed by atoms with Gasteiger partial charge < -0.3 is 10.6 Å². The summed E-state index contributed by atoms with van der Waals surface area (Å²) in [5.41, 5.74) is 7.14. The Morgan fingerprint density at radius 2 is 1.76 bits per heavy atom. The molecule has 180 valence electrons. The summed E-state index contributed by atoms with van der Waals surface area (Å²) in [5.74, 6) is -0.198. The minimum absolute atomic E-state index is 0.0660. The van der Waals surface area contributed by atoms with Crippen LogP contribution in [0.3, 0.4) is 0 Å². The van der Waals surface area contributed by atoms with Crippen LogP contribution in [0.1, 0.15) is 76.5 Å². The smallest absolute Gasteiger partial charge is 0.229 e. The van der Waals surface area contributed by atoms with Crippen LogP contribution in [0, 0.1) is 12.3 Å². The molecular formula is C27H36Cl2N2O2. The highest BCUT2D eigenvalue weighted by Gasteiger charge is 2.45. The molecule has 1 saturated heterocycles. The fourth-order valence-electron chi connectivity index (χ4n) is 4.51. The molecule has 1 aliphatic rings. The lowest BCUT2D eigenvalue weighted by atomic mass is 9.73. The van der Waals surface area contributed by atoms with Crippen molar-refractivity contribution in [3.05, 3.63) is 69.7 Å². The van der Waals surface area contributed by atoms with Crippen molar-refractivity contribution in [2.45, 2.75) is 78.3 Å². The number of piperidine rings is 1. The van der Waals surface area contributed by atoms with E-state index in [1.54, 1.807) is 0 Å². The summed E-state index contributed by atoms with van der Waals surface area (Å²) in [6.07, 6.45) is 4.26. The van der Waals surface area contributed by atoms with Crippen LogP contribution in [0.15, 0.2) is 48.5 Å². The van der Waals surface area contributed by atoms with E-state index in [-0.39, 0.29) is 30.3 Å². The van der Waals surface area contributed by atoms with Gasteiger partial charge in [-0.15, -0.1) is 0 Å². The van der Waals surface area contributed by atoms with E-state index in [9.17, 15) is 9.59 Å². The normalized spacial score (nSPS) is 20.4. The van der Waals surface area contributed by atoms with Gasteiger partial charge >= 0.3 is 0 Å². The lowest BCUT2D eigenvalue weighted by molar-refractivity contribution is -0.154. The minimum atomic E-state index is -0.513. The Balaban J connectivity index is 0.000000405. The number of hydrogen-bond acceptors (Lipinski definition) is 2. The van der Waals surface area contributed by atoms with Gasteiger partial charge in [0.15, 0.2) is 0 Å². The fraction of sp³-hybridized carbons (Fsp3) is 0.481. The summed E-state index contributed by atoms with van der Waals surface area (Å²) in [4.78, 5) is 26.7. The van der Waals surface area contributed by atoms with E-state index < -0.39 is 5.41 Å². The molecule has 2 amide bonds. The molecule has 0 radical (unpaired) electrons. The lowest BCUT2D eigenvalue weighted by Gasteiger charge is -2.48. The average molecular weight is 492 g/mol. The van der Waals surface area contributed by atoms with Crippen LogP contribution in [-0.2, 0) is 9.59 Å². The van der Waals surface area contributed by atoms with Gasteiger partial charge in [-0.1, -0.05) is 68.2 Å². The van der Waals surface area contributed by atoms with E-state index in [0.29, 0.717) is 11.4 Å². The Hall–Kier alpha value is -2.04. The summed E-state index contributed by atoms with van der Waals surface area (Å²) < 4.78 is 0. The SMILES string of the molecule is CCC(CC)N1C(=O)[C@@](C)(CCC(N)=O)CCC1c1ccc(Cl)cc1.Cc1cccc(Cl)c1. The highest BCUT2D eigenvalue weighted by molar-refractivity contribution is 6.30. The Bertz CT molecular complexity index is 911. The van der Waals surface area contributed by atoms with E-state index in [2.05, 4.69) is 18.7 Å². The summed E-state index contributed by atoms with van der Waals surface area (Å²) in [6, 6.07) is 15.8. The van der Waals surface area contributed by atoms with Crippen molar-refractivity contribution in [3.8, 4) is 0 Å². The second-order valence-corrected chi connectivity index (χ2v) is 9.99. The van der Waals surface area contributed by atoms with Crippen LogP contribution < -0.4 is 5.73 Å². The molecule has 2 atom stereocenters. The van der Waals surface area contributed by atoms with Crippen molar-refractivity contribution in [1.82, 2.24) is 4.90 Å². The number of halogens is 2. The topological polar surface area (TPSA) is 63.4 Å². The number of amides is 2. The number of rotatable bonds is 7. The van der Waals surface area contributed by atoms with E-state index in [1.807, 2.05) is 62.4 Å². The Morgan fingerprint density at radius 3 is 2.24 bits per heavy atom. The molecule has 4 nitrogen and oxygen atoms in total. The van der Waals surface area contributed by atoms with Crippen molar-refractivity contribution in [2.75, 3.05) is 0 Å². The van der Waals surface area contributed by atoms with Crippen LogP contribution in [0.5, 0.6) is 0 Å². The molecule has 0 aliphatic carbocycles. The van der Waals surface area contributed by atoms with Gasteiger partial charge in [-0.3, -0.25) is 9.59 Å². The monoisotopic (exact) mass is 490 g/mol. The summed E-state index contributed by atoms with van der Waals surface area (Å²) in [5, 5.41) is 1.51. The first kappa shape index (κ1) is 27.2. The van der Waals surface area contributed by atoms with E-state index in [1.165, 1.54) is 5.56 Å². The van der Waals surface area contributed by atoms with Gasteiger partial charge in [-0.25, -0.2) is 0 Å². The van der Waals surface area contributed by atoms with Crippen LogP contribution in [0.25, 0.3) is 0 Å². The third-order valence-corrected chi connectivity index (χ3v) is 7.04. The number of nitrogens with zero attached hydrogens (tertiary/aromatic N) is 1. The molecule has 0 bridgehead atoms. The third kappa shape index (κ3) is 7.48. The predicted octanol–water partition coefficient (Wildman–Crippen LogP) is 7.11. The summed E-state index contributed by atoms with van der Waals surface area (Å²) >= 11 is 11.7. The van der Waals surface area contributed by atoms with Crippen molar-refractivity contribution < 1.29 is 9.59 Å². The maximum Gasteiger partial charge on any atom is 0.229 e. The van der Waals surface area contributed by atoms with Gasteiger partial charge in [0.1, 0.15) is 0 Å². The number of nitrogens with two attached hydrogens (primary N) is 1. The van der Waals surface area contributed by atoms with Gasteiger partial charge in [0.25, 0.3) is 0 Å². The molecule has 1 unspecified atom stereocenters. The number of hydrogen-bond donors (Lipinski definition) is 1. The van der Waals surface area contributed by atoms with Crippen molar-refractivity contribution in [1.29, 1.82) is 0 Å². The number of likely N-dealkylation sites (tertiary alicyclic amines) is 1. The highest BCUT2D eigenvalue weighted by atomic mass is 35.5. The molecule has 6 heteroatoms. The first-order valence-corrected chi connectivity index (χ1v) is 12.5. The molecule has 2 aromatic carbocycles.